The van der Waals surface area contributed by atoms with Gasteiger partial charge in [-0.15, -0.1) is 0 Å². The molecule has 2 rings (SSSR count). The summed E-state index contributed by atoms with van der Waals surface area (Å²) in [6.45, 7) is 1.68. The molecule has 0 fully saturated rings. The molecule has 1 N–H and O–H groups in total. The van der Waals surface area contributed by atoms with E-state index in [1.165, 1.54) is 12.4 Å². The van der Waals surface area contributed by atoms with E-state index >= 15 is 0 Å². The highest BCUT2D eigenvalue weighted by atomic mass is 35.5. The minimum atomic E-state index is -1.20. The normalized spacial score (nSPS) is 10.5. The van der Waals surface area contributed by atoms with E-state index in [9.17, 15) is 14.0 Å². The number of rotatable bonds is 1. The molecule has 0 bridgehead atoms. The van der Waals surface area contributed by atoms with Crippen molar-refractivity contribution in [3.63, 3.8) is 0 Å². The SMILES string of the molecule is Cc1ccncc1-n1c(=O)[nH]c(Cl)c(F)c1=O. The molecule has 7 heteroatoms. The summed E-state index contributed by atoms with van der Waals surface area (Å²) in [5.41, 5.74) is -1.07. The quantitative estimate of drug-likeness (QED) is 0.774. The van der Waals surface area contributed by atoms with Crippen molar-refractivity contribution >= 4 is 11.6 Å². The molecule has 0 aliphatic rings. The van der Waals surface area contributed by atoms with Crippen molar-refractivity contribution in [1.29, 1.82) is 0 Å². The van der Waals surface area contributed by atoms with Gasteiger partial charge in [-0.25, -0.2) is 9.36 Å². The molecule has 88 valence electrons. The number of nitrogens with zero attached hydrogens (tertiary/aromatic N) is 2. The average Bonchev–Trinajstić information content (AvgIpc) is 2.29. The Morgan fingerprint density at radius 3 is 2.82 bits per heavy atom. The van der Waals surface area contributed by atoms with Crippen molar-refractivity contribution in [2.45, 2.75) is 6.92 Å². The predicted octanol–water partition coefficient (Wildman–Crippen LogP) is 1.02. The number of hydrogen-bond acceptors (Lipinski definition) is 3. The van der Waals surface area contributed by atoms with Crippen LogP contribution in [0.2, 0.25) is 5.15 Å². The van der Waals surface area contributed by atoms with Crippen molar-refractivity contribution < 1.29 is 4.39 Å². The highest BCUT2D eigenvalue weighted by Crippen LogP contribution is 2.09. The lowest BCUT2D eigenvalue weighted by Crippen LogP contribution is -2.36. The zero-order valence-electron chi connectivity index (χ0n) is 8.70. The molecule has 0 unspecified atom stereocenters. The predicted molar refractivity (Wildman–Crippen MR) is 60.2 cm³/mol. The van der Waals surface area contributed by atoms with E-state index in [1.54, 1.807) is 13.0 Å². The first-order valence-electron chi connectivity index (χ1n) is 4.63. The summed E-state index contributed by atoms with van der Waals surface area (Å²) >= 11 is 5.36. The summed E-state index contributed by atoms with van der Waals surface area (Å²) in [7, 11) is 0. The number of nitrogens with one attached hydrogen (secondary N) is 1. The molecule has 0 saturated heterocycles. The molecule has 0 saturated carbocycles. The van der Waals surface area contributed by atoms with Crippen LogP contribution in [0.5, 0.6) is 0 Å². The van der Waals surface area contributed by atoms with Crippen LogP contribution in [0.15, 0.2) is 28.0 Å². The first-order chi connectivity index (χ1) is 8.02. The number of aromatic nitrogens is 3. The Balaban J connectivity index is 2.87. The van der Waals surface area contributed by atoms with Crippen LogP contribution in [0, 0.1) is 12.7 Å². The van der Waals surface area contributed by atoms with Crippen LogP contribution >= 0.6 is 11.6 Å². The first-order valence-corrected chi connectivity index (χ1v) is 5.01. The van der Waals surface area contributed by atoms with Gasteiger partial charge in [-0.05, 0) is 18.6 Å². The molecule has 0 aromatic carbocycles. The fraction of sp³-hybridized carbons (Fsp3) is 0.100. The molecule has 0 aliphatic heterocycles. The summed E-state index contributed by atoms with van der Waals surface area (Å²) < 4.78 is 14.0. The standard InChI is InChI=1S/C10H7ClFN3O2/c1-5-2-3-13-4-6(5)15-9(16)7(12)8(11)14-10(15)17/h2-4H,1H3,(H,14,17). The van der Waals surface area contributed by atoms with Crippen LogP contribution in [-0.2, 0) is 0 Å². The maximum absolute atomic E-state index is 13.3. The molecule has 5 nitrogen and oxygen atoms in total. The number of H-pyrrole nitrogens is 1. The number of aryl methyl sites for hydroxylation is 1. The summed E-state index contributed by atoms with van der Waals surface area (Å²) in [4.78, 5) is 29.0. The van der Waals surface area contributed by atoms with Gasteiger partial charge in [0.1, 0.15) is 0 Å². The largest absolute Gasteiger partial charge is 0.334 e. The molecule has 2 heterocycles. The smallest absolute Gasteiger partial charge is 0.295 e. The van der Waals surface area contributed by atoms with Crippen molar-refractivity contribution in [1.82, 2.24) is 14.5 Å². The van der Waals surface area contributed by atoms with E-state index in [0.717, 1.165) is 0 Å². The van der Waals surface area contributed by atoms with E-state index in [2.05, 4.69) is 4.98 Å². The molecule has 0 aliphatic carbocycles. The third-order valence-corrected chi connectivity index (χ3v) is 2.52. The third kappa shape index (κ3) is 1.87. The van der Waals surface area contributed by atoms with E-state index in [0.29, 0.717) is 10.1 Å². The second kappa shape index (κ2) is 4.14. The Morgan fingerprint density at radius 1 is 1.47 bits per heavy atom. The molecular weight excluding hydrogens is 249 g/mol. The van der Waals surface area contributed by atoms with Gasteiger partial charge in [0.25, 0.3) is 5.56 Å². The fourth-order valence-electron chi connectivity index (χ4n) is 1.40. The van der Waals surface area contributed by atoms with E-state index < -0.39 is 22.2 Å². The van der Waals surface area contributed by atoms with Gasteiger partial charge >= 0.3 is 5.69 Å². The van der Waals surface area contributed by atoms with Gasteiger partial charge in [0.05, 0.1) is 11.9 Å². The van der Waals surface area contributed by atoms with Crippen LogP contribution in [0.25, 0.3) is 5.69 Å². The molecule has 2 aromatic heterocycles. The van der Waals surface area contributed by atoms with E-state index in [-0.39, 0.29) is 5.69 Å². The summed E-state index contributed by atoms with van der Waals surface area (Å²) in [5.74, 6) is -1.20. The van der Waals surface area contributed by atoms with Crippen LogP contribution in [-0.4, -0.2) is 14.5 Å². The number of hydrogen-bond donors (Lipinski definition) is 1. The molecule has 17 heavy (non-hydrogen) atoms. The van der Waals surface area contributed by atoms with Gasteiger partial charge < -0.3 is 0 Å². The Labute approximate surface area is 99.5 Å². The lowest BCUT2D eigenvalue weighted by atomic mass is 10.2. The van der Waals surface area contributed by atoms with E-state index in [1.807, 2.05) is 4.98 Å². The Morgan fingerprint density at radius 2 is 2.18 bits per heavy atom. The fourth-order valence-corrected chi connectivity index (χ4v) is 1.56. The number of pyridine rings is 1. The second-order valence-corrected chi connectivity index (χ2v) is 3.74. The number of halogens is 2. The maximum atomic E-state index is 13.3. The van der Waals surface area contributed by atoms with Crippen LogP contribution < -0.4 is 11.2 Å². The van der Waals surface area contributed by atoms with Gasteiger partial charge in [0, 0.05) is 6.20 Å². The van der Waals surface area contributed by atoms with Crippen molar-refractivity contribution in [2.24, 2.45) is 0 Å². The maximum Gasteiger partial charge on any atom is 0.334 e. The molecule has 0 radical (unpaired) electrons. The highest BCUT2D eigenvalue weighted by Gasteiger charge is 2.14. The zero-order chi connectivity index (χ0) is 12.6. The van der Waals surface area contributed by atoms with Crippen LogP contribution in [0.3, 0.4) is 0 Å². The zero-order valence-corrected chi connectivity index (χ0v) is 9.45. The monoisotopic (exact) mass is 255 g/mol. The van der Waals surface area contributed by atoms with E-state index in [4.69, 9.17) is 11.6 Å². The minimum absolute atomic E-state index is 0.217. The summed E-state index contributed by atoms with van der Waals surface area (Å²) in [5, 5.41) is -0.599. The molecule has 2 aromatic rings. The van der Waals surface area contributed by atoms with Gasteiger partial charge in [-0.1, -0.05) is 11.6 Å². The Kier molecular flexibility index (Phi) is 2.81. The van der Waals surface area contributed by atoms with Gasteiger partial charge in [-0.2, -0.15) is 4.39 Å². The highest BCUT2D eigenvalue weighted by molar-refractivity contribution is 6.29. The van der Waals surface area contributed by atoms with Gasteiger partial charge in [0.15, 0.2) is 5.15 Å². The Bertz CT molecular complexity index is 693. The van der Waals surface area contributed by atoms with Crippen molar-refractivity contribution in [3.05, 3.63) is 55.8 Å². The molecule has 0 amide bonds. The van der Waals surface area contributed by atoms with Gasteiger partial charge in [0.2, 0.25) is 5.82 Å². The van der Waals surface area contributed by atoms with Gasteiger partial charge in [-0.3, -0.25) is 14.8 Å². The third-order valence-electron chi connectivity index (χ3n) is 2.26. The first kappa shape index (κ1) is 11.5. The topological polar surface area (TPSA) is 67.8 Å². The van der Waals surface area contributed by atoms with Crippen molar-refractivity contribution in [2.75, 3.05) is 0 Å². The Hall–Kier alpha value is -1.95. The summed E-state index contributed by atoms with van der Waals surface area (Å²) in [6, 6.07) is 1.60. The molecule has 0 atom stereocenters. The lowest BCUT2D eigenvalue weighted by molar-refractivity contribution is 0.584. The van der Waals surface area contributed by atoms with Crippen molar-refractivity contribution in [3.8, 4) is 5.69 Å². The second-order valence-electron chi connectivity index (χ2n) is 3.36. The lowest BCUT2D eigenvalue weighted by Gasteiger charge is -2.07. The minimum Gasteiger partial charge on any atom is -0.295 e. The summed E-state index contributed by atoms with van der Waals surface area (Å²) in [6.07, 6.45) is 2.81. The molecular formula is C10H7ClFN3O2. The van der Waals surface area contributed by atoms with Crippen LogP contribution in [0.4, 0.5) is 4.39 Å². The molecule has 0 spiro atoms. The van der Waals surface area contributed by atoms with Crippen LogP contribution in [0.1, 0.15) is 5.56 Å². The number of aromatic amines is 1. The average molecular weight is 256 g/mol.